The van der Waals surface area contributed by atoms with E-state index in [0.29, 0.717) is 0 Å². The molecule has 0 fully saturated rings. The molecule has 0 amide bonds. The molecule has 0 spiro atoms. The largest absolute Gasteiger partial charge is 0.492 e. The van der Waals surface area contributed by atoms with Gasteiger partial charge in [-0.2, -0.15) is 0 Å². The predicted molar refractivity (Wildman–Crippen MR) is 58.2 cm³/mol. The summed E-state index contributed by atoms with van der Waals surface area (Å²) in [6, 6.07) is 6.04. The Kier molecular flexibility index (Phi) is 2.54. The monoisotopic (exact) mass is 220 g/mol. The molecule has 1 aliphatic heterocycles. The van der Waals surface area contributed by atoms with E-state index in [0.717, 1.165) is 5.56 Å². The topological polar surface area (TPSA) is 26.3 Å². The number of carbonyl (C=O) groups excluding carboxylic acids is 1. The first-order valence-electron chi connectivity index (χ1n) is 5.14. The summed E-state index contributed by atoms with van der Waals surface area (Å²) >= 11 is 0. The molecule has 0 N–H and O–H groups in total. The SMILES string of the molecule is CC1(C)C(=O)C=CO[C@@H]1c1ccc(F)cc1. The highest BCUT2D eigenvalue weighted by molar-refractivity contribution is 5.95. The number of carbonyl (C=O) groups is 1. The van der Waals surface area contributed by atoms with E-state index in [1.165, 1.54) is 24.5 Å². The van der Waals surface area contributed by atoms with E-state index in [2.05, 4.69) is 0 Å². The molecule has 0 unspecified atom stereocenters. The van der Waals surface area contributed by atoms with Crippen LogP contribution in [0.15, 0.2) is 36.6 Å². The van der Waals surface area contributed by atoms with Gasteiger partial charge in [-0.15, -0.1) is 0 Å². The molecule has 0 aromatic heterocycles. The van der Waals surface area contributed by atoms with Gasteiger partial charge >= 0.3 is 0 Å². The first-order valence-corrected chi connectivity index (χ1v) is 5.14. The van der Waals surface area contributed by atoms with Crippen molar-refractivity contribution in [1.82, 2.24) is 0 Å². The van der Waals surface area contributed by atoms with Gasteiger partial charge in [-0.25, -0.2) is 4.39 Å². The molecule has 1 aliphatic rings. The molecule has 0 aliphatic carbocycles. The molecule has 2 nitrogen and oxygen atoms in total. The van der Waals surface area contributed by atoms with Crippen LogP contribution in [0, 0.1) is 11.2 Å². The molecule has 0 saturated carbocycles. The van der Waals surface area contributed by atoms with Crippen molar-refractivity contribution in [2.24, 2.45) is 5.41 Å². The second-order valence-electron chi connectivity index (χ2n) is 4.46. The summed E-state index contributed by atoms with van der Waals surface area (Å²) in [4.78, 5) is 11.7. The number of allylic oxidation sites excluding steroid dienone is 1. The molecule has 1 atom stereocenters. The summed E-state index contributed by atoms with van der Waals surface area (Å²) in [7, 11) is 0. The average molecular weight is 220 g/mol. The van der Waals surface area contributed by atoms with E-state index in [9.17, 15) is 9.18 Å². The normalized spacial score (nSPS) is 22.9. The number of hydrogen-bond donors (Lipinski definition) is 0. The highest BCUT2D eigenvalue weighted by atomic mass is 19.1. The zero-order valence-electron chi connectivity index (χ0n) is 9.24. The molecule has 0 radical (unpaired) electrons. The zero-order valence-corrected chi connectivity index (χ0v) is 9.24. The minimum absolute atomic E-state index is 0.0214. The maximum Gasteiger partial charge on any atom is 0.168 e. The molecular weight excluding hydrogens is 207 g/mol. The Balaban J connectivity index is 2.37. The molecule has 0 saturated heterocycles. The van der Waals surface area contributed by atoms with Gasteiger partial charge in [0.05, 0.1) is 11.7 Å². The van der Waals surface area contributed by atoms with E-state index in [1.54, 1.807) is 12.1 Å². The Morgan fingerprint density at radius 1 is 1.25 bits per heavy atom. The van der Waals surface area contributed by atoms with E-state index in [1.807, 2.05) is 13.8 Å². The van der Waals surface area contributed by atoms with Crippen molar-refractivity contribution in [1.29, 1.82) is 0 Å². The van der Waals surface area contributed by atoms with Crippen LogP contribution >= 0.6 is 0 Å². The Labute approximate surface area is 93.7 Å². The van der Waals surface area contributed by atoms with E-state index < -0.39 is 5.41 Å². The minimum Gasteiger partial charge on any atom is -0.492 e. The van der Waals surface area contributed by atoms with Gasteiger partial charge in [0, 0.05) is 6.08 Å². The lowest BCUT2D eigenvalue weighted by atomic mass is 9.78. The summed E-state index contributed by atoms with van der Waals surface area (Å²) in [6.07, 6.45) is 2.48. The smallest absolute Gasteiger partial charge is 0.168 e. The zero-order chi connectivity index (χ0) is 11.8. The summed E-state index contributed by atoms with van der Waals surface area (Å²) < 4.78 is 18.3. The van der Waals surface area contributed by atoms with Gasteiger partial charge in [0.2, 0.25) is 0 Å². The number of rotatable bonds is 1. The van der Waals surface area contributed by atoms with Gasteiger partial charge in [-0.05, 0) is 31.5 Å². The van der Waals surface area contributed by atoms with Crippen molar-refractivity contribution in [3.05, 3.63) is 48.0 Å². The Hall–Kier alpha value is -1.64. The molecule has 0 bridgehead atoms. The van der Waals surface area contributed by atoms with Crippen LogP contribution in [-0.2, 0) is 9.53 Å². The number of benzene rings is 1. The summed E-state index contributed by atoms with van der Waals surface area (Å²) in [5.74, 6) is -0.271. The number of hydrogen-bond acceptors (Lipinski definition) is 2. The summed E-state index contributed by atoms with van der Waals surface area (Å²) in [5, 5.41) is 0. The van der Waals surface area contributed by atoms with Crippen molar-refractivity contribution in [3.8, 4) is 0 Å². The third-order valence-electron chi connectivity index (χ3n) is 2.90. The molecular formula is C13H13FO2. The number of halogens is 1. The van der Waals surface area contributed by atoms with Gasteiger partial charge in [-0.1, -0.05) is 12.1 Å². The number of ketones is 1. The third kappa shape index (κ3) is 1.73. The lowest BCUT2D eigenvalue weighted by Crippen LogP contribution is -2.33. The fourth-order valence-corrected chi connectivity index (χ4v) is 1.83. The van der Waals surface area contributed by atoms with Gasteiger partial charge in [-0.3, -0.25) is 4.79 Å². The predicted octanol–water partition coefficient (Wildman–Crippen LogP) is 3.01. The van der Waals surface area contributed by atoms with E-state index in [-0.39, 0.29) is 17.7 Å². The van der Waals surface area contributed by atoms with Crippen LogP contribution in [0.3, 0.4) is 0 Å². The van der Waals surface area contributed by atoms with Crippen LogP contribution in [-0.4, -0.2) is 5.78 Å². The average Bonchev–Trinajstić information content (AvgIpc) is 2.24. The van der Waals surface area contributed by atoms with Crippen LogP contribution in [0.1, 0.15) is 25.5 Å². The maximum atomic E-state index is 12.8. The van der Waals surface area contributed by atoms with Crippen LogP contribution in [0.4, 0.5) is 4.39 Å². The molecule has 84 valence electrons. The van der Waals surface area contributed by atoms with Crippen molar-refractivity contribution < 1.29 is 13.9 Å². The Morgan fingerprint density at radius 2 is 1.88 bits per heavy atom. The lowest BCUT2D eigenvalue weighted by molar-refractivity contribution is -0.131. The van der Waals surface area contributed by atoms with Gasteiger partial charge in [0.1, 0.15) is 11.9 Å². The fraction of sp³-hybridized carbons (Fsp3) is 0.308. The standard InChI is InChI=1S/C13H13FO2/c1-13(2)11(15)7-8-16-12(13)9-3-5-10(14)6-4-9/h3-8,12H,1-2H3/t12-/m1/s1. The van der Waals surface area contributed by atoms with Crippen LogP contribution < -0.4 is 0 Å². The highest BCUT2D eigenvalue weighted by Crippen LogP contribution is 2.40. The minimum atomic E-state index is -0.618. The lowest BCUT2D eigenvalue weighted by Gasteiger charge is -2.34. The highest BCUT2D eigenvalue weighted by Gasteiger charge is 2.39. The maximum absolute atomic E-state index is 12.8. The molecule has 1 aromatic rings. The summed E-state index contributed by atoms with van der Waals surface area (Å²) in [5.41, 5.74) is 0.191. The van der Waals surface area contributed by atoms with Crippen molar-refractivity contribution >= 4 is 5.78 Å². The van der Waals surface area contributed by atoms with Crippen molar-refractivity contribution in [2.45, 2.75) is 20.0 Å². The quantitative estimate of drug-likeness (QED) is 0.727. The molecule has 2 rings (SSSR count). The second kappa shape index (κ2) is 3.74. The first kappa shape index (κ1) is 10.9. The fourth-order valence-electron chi connectivity index (χ4n) is 1.83. The number of ether oxygens (including phenoxy) is 1. The third-order valence-corrected chi connectivity index (χ3v) is 2.90. The second-order valence-corrected chi connectivity index (χ2v) is 4.46. The van der Waals surface area contributed by atoms with Crippen LogP contribution in [0.2, 0.25) is 0 Å². The van der Waals surface area contributed by atoms with E-state index in [4.69, 9.17) is 4.74 Å². The molecule has 16 heavy (non-hydrogen) atoms. The van der Waals surface area contributed by atoms with Crippen molar-refractivity contribution in [2.75, 3.05) is 0 Å². The Morgan fingerprint density at radius 3 is 2.50 bits per heavy atom. The Bertz CT molecular complexity index is 432. The first-order chi connectivity index (χ1) is 7.51. The van der Waals surface area contributed by atoms with E-state index >= 15 is 0 Å². The molecule has 1 heterocycles. The van der Waals surface area contributed by atoms with Crippen molar-refractivity contribution in [3.63, 3.8) is 0 Å². The van der Waals surface area contributed by atoms with Gasteiger partial charge < -0.3 is 4.74 Å². The molecule has 3 heteroatoms. The van der Waals surface area contributed by atoms with Crippen LogP contribution in [0.25, 0.3) is 0 Å². The molecule has 1 aromatic carbocycles. The van der Waals surface area contributed by atoms with Gasteiger partial charge in [0.25, 0.3) is 0 Å². The van der Waals surface area contributed by atoms with Gasteiger partial charge in [0.15, 0.2) is 5.78 Å². The van der Waals surface area contributed by atoms with Crippen LogP contribution in [0.5, 0.6) is 0 Å². The summed E-state index contributed by atoms with van der Waals surface area (Å²) in [6.45, 7) is 3.65.